The lowest BCUT2D eigenvalue weighted by molar-refractivity contribution is -0.118. The van der Waals surface area contributed by atoms with Crippen molar-refractivity contribution in [1.82, 2.24) is 0 Å². The zero-order valence-electron chi connectivity index (χ0n) is 8.19. The smallest absolute Gasteiger partial charge is 0.150 e. The standard InChI is InChI=1S/C10H13NO2.ClH/c1-7(12)10(11)8-4-3-5-9(6-8)13-2;/h3-6,10H,11H2,1-2H3;1H. The monoisotopic (exact) mass is 215 g/mol. The van der Waals surface area contributed by atoms with Crippen LogP contribution in [0.5, 0.6) is 5.75 Å². The quantitative estimate of drug-likeness (QED) is 0.835. The van der Waals surface area contributed by atoms with E-state index in [1.54, 1.807) is 13.2 Å². The second kappa shape index (κ2) is 5.62. The summed E-state index contributed by atoms with van der Waals surface area (Å²) >= 11 is 0. The van der Waals surface area contributed by atoms with E-state index in [4.69, 9.17) is 10.5 Å². The van der Waals surface area contributed by atoms with Crippen molar-refractivity contribution in [2.75, 3.05) is 7.11 Å². The van der Waals surface area contributed by atoms with Gasteiger partial charge in [0.05, 0.1) is 13.2 Å². The third-order valence-corrected chi connectivity index (χ3v) is 1.89. The topological polar surface area (TPSA) is 52.3 Å². The number of halogens is 1. The molecule has 0 aliphatic carbocycles. The Balaban J connectivity index is 0.00000169. The predicted molar refractivity (Wildman–Crippen MR) is 57.9 cm³/mol. The Morgan fingerprint density at radius 2 is 2.14 bits per heavy atom. The number of methoxy groups -OCH3 is 1. The Hall–Kier alpha value is -1.06. The van der Waals surface area contributed by atoms with Gasteiger partial charge in [-0.1, -0.05) is 12.1 Å². The van der Waals surface area contributed by atoms with Crippen molar-refractivity contribution in [3.05, 3.63) is 29.8 Å². The summed E-state index contributed by atoms with van der Waals surface area (Å²) in [4.78, 5) is 11.0. The lowest BCUT2D eigenvalue weighted by Crippen LogP contribution is -2.18. The van der Waals surface area contributed by atoms with Crippen LogP contribution in [0.1, 0.15) is 18.5 Å². The van der Waals surface area contributed by atoms with Gasteiger partial charge in [-0.15, -0.1) is 12.4 Å². The van der Waals surface area contributed by atoms with Crippen LogP contribution in [0.15, 0.2) is 24.3 Å². The first-order chi connectivity index (χ1) is 6.15. The maximum atomic E-state index is 11.0. The number of benzene rings is 1. The van der Waals surface area contributed by atoms with Gasteiger partial charge in [-0.3, -0.25) is 4.79 Å². The summed E-state index contributed by atoms with van der Waals surface area (Å²) in [5.74, 6) is 0.669. The molecule has 14 heavy (non-hydrogen) atoms. The summed E-state index contributed by atoms with van der Waals surface area (Å²) in [6.07, 6.45) is 0. The number of ether oxygens (including phenoxy) is 1. The van der Waals surface area contributed by atoms with Gasteiger partial charge in [-0.05, 0) is 24.6 Å². The maximum absolute atomic E-state index is 11.0. The van der Waals surface area contributed by atoms with Crippen LogP contribution in [0.3, 0.4) is 0 Å². The Bertz CT molecular complexity index is 315. The summed E-state index contributed by atoms with van der Waals surface area (Å²) in [6.45, 7) is 1.48. The third-order valence-electron chi connectivity index (χ3n) is 1.89. The fourth-order valence-electron chi connectivity index (χ4n) is 1.07. The molecule has 1 aromatic carbocycles. The van der Waals surface area contributed by atoms with E-state index in [2.05, 4.69) is 0 Å². The molecule has 0 bridgehead atoms. The van der Waals surface area contributed by atoms with Crippen LogP contribution in [-0.4, -0.2) is 12.9 Å². The molecule has 0 radical (unpaired) electrons. The summed E-state index contributed by atoms with van der Waals surface area (Å²) < 4.78 is 5.02. The molecule has 0 aliphatic rings. The second-order valence-electron chi connectivity index (χ2n) is 2.86. The van der Waals surface area contributed by atoms with Gasteiger partial charge in [0.25, 0.3) is 0 Å². The van der Waals surface area contributed by atoms with Crippen LogP contribution in [-0.2, 0) is 4.79 Å². The molecule has 78 valence electrons. The van der Waals surface area contributed by atoms with Gasteiger partial charge in [0, 0.05) is 0 Å². The summed E-state index contributed by atoms with van der Waals surface area (Å²) in [7, 11) is 1.58. The van der Waals surface area contributed by atoms with E-state index in [1.807, 2.05) is 18.2 Å². The van der Waals surface area contributed by atoms with Gasteiger partial charge in [-0.25, -0.2) is 0 Å². The lowest BCUT2D eigenvalue weighted by atomic mass is 10.0. The fraction of sp³-hybridized carbons (Fsp3) is 0.300. The number of hydrogen-bond donors (Lipinski definition) is 1. The largest absolute Gasteiger partial charge is 0.497 e. The minimum Gasteiger partial charge on any atom is -0.497 e. The van der Waals surface area contributed by atoms with E-state index in [-0.39, 0.29) is 18.2 Å². The highest BCUT2D eigenvalue weighted by atomic mass is 35.5. The highest BCUT2D eigenvalue weighted by Gasteiger charge is 2.10. The first-order valence-corrected chi connectivity index (χ1v) is 4.05. The van der Waals surface area contributed by atoms with Gasteiger partial charge in [0.2, 0.25) is 0 Å². The number of rotatable bonds is 3. The number of nitrogens with two attached hydrogens (primary N) is 1. The first-order valence-electron chi connectivity index (χ1n) is 4.05. The van der Waals surface area contributed by atoms with E-state index >= 15 is 0 Å². The summed E-state index contributed by atoms with van der Waals surface area (Å²) in [5.41, 5.74) is 6.44. The Morgan fingerprint density at radius 1 is 1.50 bits per heavy atom. The van der Waals surface area contributed by atoms with Gasteiger partial charge >= 0.3 is 0 Å². The maximum Gasteiger partial charge on any atom is 0.150 e. The Kier molecular flexibility index (Phi) is 5.20. The van der Waals surface area contributed by atoms with Crippen LogP contribution in [0.2, 0.25) is 0 Å². The second-order valence-corrected chi connectivity index (χ2v) is 2.86. The SMILES string of the molecule is COc1cccc(C(N)C(C)=O)c1.Cl. The van der Waals surface area contributed by atoms with Gasteiger partial charge < -0.3 is 10.5 Å². The lowest BCUT2D eigenvalue weighted by Gasteiger charge is -2.09. The number of ketones is 1. The van der Waals surface area contributed by atoms with Gasteiger partial charge in [0.1, 0.15) is 5.75 Å². The Labute approximate surface area is 89.7 Å². The molecule has 0 saturated carbocycles. The minimum atomic E-state index is -0.546. The minimum absolute atomic E-state index is 0. The molecule has 3 nitrogen and oxygen atoms in total. The number of carbonyl (C=O) groups is 1. The van der Waals surface area contributed by atoms with E-state index in [1.165, 1.54) is 6.92 Å². The normalized spacial score (nSPS) is 11.4. The van der Waals surface area contributed by atoms with Crippen molar-refractivity contribution in [3.63, 3.8) is 0 Å². The Morgan fingerprint density at radius 3 is 2.64 bits per heavy atom. The van der Waals surface area contributed by atoms with E-state index < -0.39 is 6.04 Å². The average Bonchev–Trinajstić information content (AvgIpc) is 2.16. The first kappa shape index (κ1) is 12.9. The van der Waals surface area contributed by atoms with Crippen LogP contribution < -0.4 is 10.5 Å². The van der Waals surface area contributed by atoms with Crippen molar-refractivity contribution in [2.45, 2.75) is 13.0 Å². The molecule has 4 heteroatoms. The molecule has 0 fully saturated rings. The number of Topliss-reactive ketones (excluding diaryl/α,β-unsaturated/α-hetero) is 1. The van der Waals surface area contributed by atoms with Gasteiger partial charge in [-0.2, -0.15) is 0 Å². The molecule has 2 N–H and O–H groups in total. The molecular weight excluding hydrogens is 202 g/mol. The predicted octanol–water partition coefficient (Wildman–Crippen LogP) is 1.71. The van der Waals surface area contributed by atoms with E-state index in [9.17, 15) is 4.79 Å². The van der Waals surface area contributed by atoms with E-state index in [0.717, 1.165) is 5.56 Å². The van der Waals surface area contributed by atoms with Crippen LogP contribution in [0.4, 0.5) is 0 Å². The summed E-state index contributed by atoms with van der Waals surface area (Å²) in [5, 5.41) is 0. The van der Waals surface area contributed by atoms with Crippen LogP contribution in [0.25, 0.3) is 0 Å². The van der Waals surface area contributed by atoms with Crippen molar-refractivity contribution >= 4 is 18.2 Å². The number of carbonyl (C=O) groups excluding carboxylic acids is 1. The average molecular weight is 216 g/mol. The highest BCUT2D eigenvalue weighted by molar-refractivity contribution is 5.85. The fourth-order valence-corrected chi connectivity index (χ4v) is 1.07. The molecule has 0 saturated heterocycles. The van der Waals surface area contributed by atoms with Crippen molar-refractivity contribution in [3.8, 4) is 5.75 Å². The zero-order chi connectivity index (χ0) is 9.84. The van der Waals surface area contributed by atoms with E-state index in [0.29, 0.717) is 5.75 Å². The molecule has 1 atom stereocenters. The number of hydrogen-bond acceptors (Lipinski definition) is 3. The van der Waals surface area contributed by atoms with Crippen LogP contribution >= 0.6 is 12.4 Å². The molecule has 0 spiro atoms. The molecule has 0 aliphatic heterocycles. The zero-order valence-corrected chi connectivity index (χ0v) is 9.01. The van der Waals surface area contributed by atoms with Crippen molar-refractivity contribution < 1.29 is 9.53 Å². The highest BCUT2D eigenvalue weighted by Crippen LogP contribution is 2.17. The summed E-state index contributed by atoms with van der Waals surface area (Å²) in [6, 6.07) is 6.67. The molecule has 1 rings (SSSR count). The third kappa shape index (κ3) is 3.01. The van der Waals surface area contributed by atoms with Gasteiger partial charge in [0.15, 0.2) is 5.78 Å². The van der Waals surface area contributed by atoms with Crippen molar-refractivity contribution in [1.29, 1.82) is 0 Å². The molecule has 0 amide bonds. The molecule has 0 aromatic heterocycles. The molecule has 0 heterocycles. The van der Waals surface area contributed by atoms with Crippen molar-refractivity contribution in [2.24, 2.45) is 5.73 Å². The van der Waals surface area contributed by atoms with Crippen LogP contribution in [0, 0.1) is 0 Å². The molecular formula is C10H14ClNO2. The molecule has 1 aromatic rings. The molecule has 1 unspecified atom stereocenters.